The van der Waals surface area contributed by atoms with E-state index in [9.17, 15) is 0 Å². The number of nitrogens with zero attached hydrogens (tertiary/aromatic N) is 1. The van der Waals surface area contributed by atoms with Gasteiger partial charge in [-0.25, -0.2) is 0 Å². The number of rotatable bonds is 7. The molecule has 1 aromatic rings. The van der Waals surface area contributed by atoms with E-state index in [1.54, 1.807) is 0 Å². The predicted molar refractivity (Wildman–Crippen MR) is 130 cm³/mol. The van der Waals surface area contributed by atoms with E-state index in [2.05, 4.69) is 39.9 Å². The molecule has 1 aliphatic carbocycles. The van der Waals surface area contributed by atoms with Crippen molar-refractivity contribution in [2.24, 2.45) is 4.99 Å². The maximum atomic E-state index is 6.47. The van der Waals surface area contributed by atoms with Crippen molar-refractivity contribution in [3.05, 3.63) is 29.8 Å². The highest BCUT2D eigenvalue weighted by Gasteiger charge is 2.43. The van der Waals surface area contributed by atoms with Gasteiger partial charge in [0.05, 0.1) is 18.8 Å². The van der Waals surface area contributed by atoms with Crippen LogP contribution in [0.1, 0.15) is 63.0 Å². The van der Waals surface area contributed by atoms with Crippen LogP contribution in [-0.2, 0) is 9.47 Å². The number of hydrogen-bond acceptors (Lipinski definition) is 4. The van der Waals surface area contributed by atoms with Crippen LogP contribution in [0.15, 0.2) is 29.3 Å². The third-order valence-corrected chi connectivity index (χ3v) is 6.33. The zero-order valence-electron chi connectivity index (χ0n) is 18.0. The maximum Gasteiger partial charge on any atom is 0.191 e. The summed E-state index contributed by atoms with van der Waals surface area (Å²) in [6.45, 7) is 3.18. The normalized spacial score (nSPS) is 24.8. The summed E-state index contributed by atoms with van der Waals surface area (Å²) in [5.74, 6) is 1.87. The van der Waals surface area contributed by atoms with Crippen molar-refractivity contribution >= 4 is 29.9 Å². The Morgan fingerprint density at radius 1 is 1.23 bits per heavy atom. The second kappa shape index (κ2) is 11.5. The van der Waals surface area contributed by atoms with Crippen molar-refractivity contribution in [2.45, 2.75) is 69.1 Å². The number of hydrogen-bond donors (Lipinski definition) is 2. The van der Waals surface area contributed by atoms with Gasteiger partial charge < -0.3 is 24.8 Å². The quantitative estimate of drug-likeness (QED) is 0.240. The summed E-state index contributed by atoms with van der Waals surface area (Å²) in [4.78, 5) is 4.44. The van der Waals surface area contributed by atoms with E-state index in [0.29, 0.717) is 12.7 Å². The van der Waals surface area contributed by atoms with E-state index in [1.807, 2.05) is 7.05 Å². The molecule has 0 aromatic heterocycles. The first-order valence-corrected chi connectivity index (χ1v) is 11.2. The first-order chi connectivity index (χ1) is 14.3. The van der Waals surface area contributed by atoms with Gasteiger partial charge in [-0.05, 0) is 51.0 Å². The maximum absolute atomic E-state index is 6.47. The molecular weight excluding hydrogens is 493 g/mol. The molecule has 2 N–H and O–H groups in total. The molecule has 6 nitrogen and oxygen atoms in total. The molecule has 0 radical (unpaired) electrons. The summed E-state index contributed by atoms with van der Waals surface area (Å²) in [6, 6.07) is 8.64. The average Bonchev–Trinajstić information content (AvgIpc) is 3.42. The van der Waals surface area contributed by atoms with E-state index in [1.165, 1.54) is 18.4 Å². The number of ether oxygens (including phenoxy) is 3. The summed E-state index contributed by atoms with van der Waals surface area (Å²) in [5.41, 5.74) is 1.22. The summed E-state index contributed by atoms with van der Waals surface area (Å²) >= 11 is 0. The molecule has 2 unspecified atom stereocenters. The lowest BCUT2D eigenvalue weighted by Gasteiger charge is -2.40. The second-order valence-corrected chi connectivity index (χ2v) is 8.49. The first-order valence-electron chi connectivity index (χ1n) is 11.2. The topological polar surface area (TPSA) is 64.1 Å². The molecule has 1 spiro atoms. The molecule has 7 heteroatoms. The van der Waals surface area contributed by atoms with Crippen LogP contribution in [0, 0.1) is 0 Å². The molecule has 2 fully saturated rings. The minimum atomic E-state index is -0.0129. The lowest BCUT2D eigenvalue weighted by atomic mass is 9.86. The van der Waals surface area contributed by atoms with Crippen LogP contribution in [0.2, 0.25) is 0 Å². The van der Waals surface area contributed by atoms with Crippen LogP contribution >= 0.6 is 24.0 Å². The number of benzene rings is 1. The van der Waals surface area contributed by atoms with Gasteiger partial charge in [-0.15, -0.1) is 24.0 Å². The molecule has 1 saturated heterocycles. The highest BCUT2D eigenvalue weighted by atomic mass is 127. The largest absolute Gasteiger partial charge is 0.487 e. The molecule has 1 saturated carbocycles. The highest BCUT2D eigenvalue weighted by Crippen LogP contribution is 2.46. The van der Waals surface area contributed by atoms with Gasteiger partial charge in [0.1, 0.15) is 11.4 Å². The van der Waals surface area contributed by atoms with Crippen LogP contribution in [0.25, 0.3) is 0 Å². The number of guanidine groups is 1. The van der Waals surface area contributed by atoms with Crippen molar-refractivity contribution in [2.75, 3.05) is 33.4 Å². The van der Waals surface area contributed by atoms with Crippen LogP contribution in [0.3, 0.4) is 0 Å². The van der Waals surface area contributed by atoms with Gasteiger partial charge in [-0.1, -0.05) is 18.2 Å². The van der Waals surface area contributed by atoms with Crippen LogP contribution in [0.4, 0.5) is 0 Å². The Morgan fingerprint density at radius 3 is 2.83 bits per heavy atom. The van der Waals surface area contributed by atoms with E-state index in [4.69, 9.17) is 14.2 Å². The molecule has 3 aliphatic rings. The van der Waals surface area contributed by atoms with Gasteiger partial charge >= 0.3 is 0 Å². The molecule has 0 bridgehead atoms. The van der Waals surface area contributed by atoms with Gasteiger partial charge in [-0.3, -0.25) is 4.99 Å². The fourth-order valence-electron chi connectivity index (χ4n) is 4.80. The van der Waals surface area contributed by atoms with Crippen molar-refractivity contribution in [1.29, 1.82) is 0 Å². The third-order valence-electron chi connectivity index (χ3n) is 6.33. The van der Waals surface area contributed by atoms with Gasteiger partial charge in [0.2, 0.25) is 0 Å². The zero-order chi connectivity index (χ0) is 19.9. The lowest BCUT2D eigenvalue weighted by Crippen LogP contribution is -2.46. The van der Waals surface area contributed by atoms with Crippen LogP contribution < -0.4 is 15.4 Å². The second-order valence-electron chi connectivity index (χ2n) is 8.49. The fourth-order valence-corrected chi connectivity index (χ4v) is 4.80. The molecule has 0 amide bonds. The summed E-state index contributed by atoms with van der Waals surface area (Å²) in [5, 5.41) is 7.09. The lowest BCUT2D eigenvalue weighted by molar-refractivity contribution is 0.0168. The van der Waals surface area contributed by atoms with Crippen LogP contribution in [-0.4, -0.2) is 51.1 Å². The highest BCUT2D eigenvalue weighted by molar-refractivity contribution is 14.0. The number of halogens is 1. The number of aliphatic imine (C=N–C) groups is 1. The Labute approximate surface area is 197 Å². The van der Waals surface area contributed by atoms with E-state index in [-0.39, 0.29) is 35.6 Å². The van der Waals surface area contributed by atoms with Gasteiger partial charge in [0.15, 0.2) is 5.96 Å². The molecule has 2 aliphatic heterocycles. The Kier molecular flexibility index (Phi) is 9.07. The average molecular weight is 529 g/mol. The molecule has 30 heavy (non-hydrogen) atoms. The fraction of sp³-hybridized carbons (Fsp3) is 0.696. The van der Waals surface area contributed by atoms with Crippen LogP contribution in [0.5, 0.6) is 5.75 Å². The summed E-state index contributed by atoms with van der Waals surface area (Å²) in [7, 11) is 1.83. The van der Waals surface area contributed by atoms with Crippen molar-refractivity contribution in [1.82, 2.24) is 10.6 Å². The Hall–Kier alpha value is -1.06. The monoisotopic (exact) mass is 529 g/mol. The Bertz CT molecular complexity index is 688. The first kappa shape index (κ1) is 23.6. The summed E-state index contributed by atoms with van der Waals surface area (Å²) < 4.78 is 17.8. The number of para-hydroxylation sites is 1. The number of fused-ring (bicyclic) bond motifs is 1. The smallest absolute Gasteiger partial charge is 0.191 e. The molecule has 2 atom stereocenters. The molecule has 168 valence electrons. The summed E-state index contributed by atoms with van der Waals surface area (Å²) in [6.07, 6.45) is 9.34. The van der Waals surface area contributed by atoms with E-state index < -0.39 is 0 Å². The SMILES string of the molecule is CN=C(NCCCOCC1CCCO1)NC1CC2(CCCC2)Oc2ccccc21.I. The Balaban J connectivity index is 0.00000256. The zero-order valence-corrected chi connectivity index (χ0v) is 20.4. The van der Waals surface area contributed by atoms with Crippen molar-refractivity contribution < 1.29 is 14.2 Å². The van der Waals surface area contributed by atoms with Crippen molar-refractivity contribution in [3.8, 4) is 5.75 Å². The Morgan fingerprint density at radius 2 is 2.07 bits per heavy atom. The van der Waals surface area contributed by atoms with Gasteiger partial charge in [0.25, 0.3) is 0 Å². The minimum absolute atomic E-state index is 0. The van der Waals surface area contributed by atoms with Gasteiger partial charge in [0, 0.05) is 38.8 Å². The molecular formula is C23H36IN3O3. The molecule has 2 heterocycles. The molecule has 4 rings (SSSR count). The third kappa shape index (κ3) is 6.01. The van der Waals surface area contributed by atoms with Crippen molar-refractivity contribution in [3.63, 3.8) is 0 Å². The number of nitrogens with one attached hydrogen (secondary N) is 2. The predicted octanol–water partition coefficient (Wildman–Crippen LogP) is 4.19. The molecule has 1 aromatic carbocycles. The standard InChI is InChI=1S/C23H35N3O3.HI/c1-24-22(25-13-7-14-27-17-18-8-6-15-28-18)26-20-16-23(11-4-5-12-23)29-21-10-3-2-9-19(20)21;/h2-3,9-10,18,20H,4-8,11-17H2,1H3,(H2,24,25,26);1H. The minimum Gasteiger partial charge on any atom is -0.487 e. The van der Waals surface area contributed by atoms with E-state index in [0.717, 1.165) is 70.0 Å². The van der Waals surface area contributed by atoms with Gasteiger partial charge in [-0.2, -0.15) is 0 Å². The van der Waals surface area contributed by atoms with E-state index >= 15 is 0 Å².